The van der Waals surface area contributed by atoms with Crippen LogP contribution in [0.15, 0.2) is 47.6 Å². The van der Waals surface area contributed by atoms with Gasteiger partial charge in [0.25, 0.3) is 0 Å². The molecule has 0 atom stereocenters. The molecule has 0 saturated heterocycles. The van der Waals surface area contributed by atoms with Gasteiger partial charge in [0.2, 0.25) is 0 Å². The maximum absolute atomic E-state index is 10.5. The Bertz CT molecular complexity index is 663. The molecule has 1 aromatic rings. The molecule has 21 heavy (non-hydrogen) atoms. The van der Waals surface area contributed by atoms with Crippen molar-refractivity contribution < 1.29 is 34.1 Å². The number of benzene rings is 1. The number of cyclic esters (lactones) is 2. The zero-order valence-electron chi connectivity index (χ0n) is 10.5. The van der Waals surface area contributed by atoms with Gasteiger partial charge in [0.05, 0.1) is 22.3 Å². The van der Waals surface area contributed by atoms with Gasteiger partial charge in [-0.25, -0.2) is 19.2 Å². The van der Waals surface area contributed by atoms with Gasteiger partial charge < -0.3 is 14.9 Å². The minimum Gasteiger partial charge on any atom is -0.478 e. The van der Waals surface area contributed by atoms with E-state index < -0.39 is 23.9 Å². The number of esters is 2. The lowest BCUT2D eigenvalue weighted by Crippen LogP contribution is -2.06. The fraction of sp³-hybridized carbons (Fsp3) is 0. The molecule has 7 heteroatoms. The summed E-state index contributed by atoms with van der Waals surface area (Å²) in [4.78, 5) is 41.6. The third-order valence-electron chi connectivity index (χ3n) is 2.76. The molecule has 0 radical (unpaired) electrons. The summed E-state index contributed by atoms with van der Waals surface area (Å²) >= 11 is 0. The van der Waals surface area contributed by atoms with Crippen molar-refractivity contribution >= 4 is 23.9 Å². The van der Waals surface area contributed by atoms with Gasteiger partial charge in [-0.2, -0.15) is 0 Å². The number of ether oxygens (including phenoxy) is 1. The quantitative estimate of drug-likeness (QED) is 0.616. The second-order valence-corrected chi connectivity index (χ2v) is 4.09. The van der Waals surface area contributed by atoms with Crippen LogP contribution in [0, 0.1) is 0 Å². The summed E-state index contributed by atoms with van der Waals surface area (Å²) in [5, 5.41) is 16.9. The van der Waals surface area contributed by atoms with Gasteiger partial charge in [-0.1, -0.05) is 6.58 Å². The van der Waals surface area contributed by atoms with Crippen LogP contribution in [0.25, 0.3) is 0 Å². The van der Waals surface area contributed by atoms with Crippen LogP contribution in [-0.4, -0.2) is 34.1 Å². The number of rotatable bonds is 2. The molecule has 0 aromatic heterocycles. The summed E-state index contributed by atoms with van der Waals surface area (Å²) in [6, 6.07) is 5.02. The predicted octanol–water partition coefficient (Wildman–Crippen LogP) is 1.02. The molecule has 1 aromatic carbocycles. The van der Waals surface area contributed by atoms with Crippen molar-refractivity contribution in [2.24, 2.45) is 0 Å². The van der Waals surface area contributed by atoms with Crippen molar-refractivity contribution in [3.63, 3.8) is 0 Å². The first-order valence-electron chi connectivity index (χ1n) is 5.60. The lowest BCUT2D eigenvalue weighted by atomic mass is 10.1. The van der Waals surface area contributed by atoms with E-state index in [1.54, 1.807) is 0 Å². The van der Waals surface area contributed by atoms with E-state index in [4.69, 9.17) is 10.2 Å². The summed E-state index contributed by atoms with van der Waals surface area (Å²) < 4.78 is 4.18. The van der Waals surface area contributed by atoms with Gasteiger partial charge in [-0.3, -0.25) is 0 Å². The largest absolute Gasteiger partial charge is 0.478 e. The smallest absolute Gasteiger partial charge is 0.347 e. The van der Waals surface area contributed by atoms with E-state index in [0.29, 0.717) is 16.7 Å². The monoisotopic (exact) mass is 288 g/mol. The summed E-state index contributed by atoms with van der Waals surface area (Å²) in [7, 11) is 0. The Hall–Kier alpha value is -3.22. The van der Waals surface area contributed by atoms with Crippen molar-refractivity contribution in [2.45, 2.75) is 0 Å². The van der Waals surface area contributed by atoms with Gasteiger partial charge in [0.15, 0.2) is 0 Å². The van der Waals surface area contributed by atoms with Crippen molar-refractivity contribution in [3.8, 4) is 0 Å². The van der Waals surface area contributed by atoms with E-state index in [0.717, 1.165) is 0 Å². The Kier molecular flexibility index (Phi) is 3.41. The van der Waals surface area contributed by atoms with E-state index >= 15 is 0 Å². The molecule has 1 heterocycles. The Morgan fingerprint density at radius 3 is 1.38 bits per heavy atom. The standard InChI is InChI=1S/C8H6O4.C6H2O3/c9-7(10)5-1-2-6(4-3-5)8(11)12;1-2-3-4(2)6(8)9-5(3)7/h1-4H,(H,9,10)(H,11,12);1H2. The fourth-order valence-corrected chi connectivity index (χ4v) is 1.62. The van der Waals surface area contributed by atoms with Crippen molar-refractivity contribution in [1.82, 2.24) is 0 Å². The van der Waals surface area contributed by atoms with E-state index in [2.05, 4.69) is 11.3 Å². The molecule has 0 unspecified atom stereocenters. The van der Waals surface area contributed by atoms with Gasteiger partial charge in [-0.05, 0) is 29.8 Å². The number of hydrogen-bond acceptors (Lipinski definition) is 5. The number of carbonyl (C=O) groups is 4. The van der Waals surface area contributed by atoms with Crippen molar-refractivity contribution in [1.29, 1.82) is 0 Å². The summed E-state index contributed by atoms with van der Waals surface area (Å²) in [5.74, 6) is -3.21. The summed E-state index contributed by atoms with van der Waals surface area (Å²) in [6.07, 6.45) is 0. The molecule has 0 fully saturated rings. The van der Waals surface area contributed by atoms with Crippen molar-refractivity contribution in [2.75, 3.05) is 0 Å². The van der Waals surface area contributed by atoms with E-state index in [1.165, 1.54) is 24.3 Å². The Labute approximate surface area is 117 Å². The highest BCUT2D eigenvalue weighted by Gasteiger charge is 2.48. The molecule has 3 rings (SSSR count). The van der Waals surface area contributed by atoms with Crippen LogP contribution in [0.4, 0.5) is 0 Å². The van der Waals surface area contributed by atoms with E-state index in [9.17, 15) is 19.2 Å². The van der Waals surface area contributed by atoms with Crippen LogP contribution in [0.5, 0.6) is 0 Å². The minimum atomic E-state index is -1.06. The number of hydrogen-bond donors (Lipinski definition) is 2. The molecular weight excluding hydrogens is 280 g/mol. The van der Waals surface area contributed by atoms with Crippen LogP contribution in [0.2, 0.25) is 0 Å². The molecule has 0 saturated carbocycles. The lowest BCUT2D eigenvalue weighted by molar-refractivity contribution is -0.151. The zero-order valence-corrected chi connectivity index (χ0v) is 10.5. The fourth-order valence-electron chi connectivity index (χ4n) is 1.62. The molecule has 0 spiro atoms. The molecule has 0 bridgehead atoms. The van der Waals surface area contributed by atoms with Gasteiger partial charge in [0, 0.05) is 0 Å². The third-order valence-corrected chi connectivity index (χ3v) is 2.76. The van der Waals surface area contributed by atoms with E-state index in [1.807, 2.05) is 0 Å². The predicted molar refractivity (Wildman–Crippen MR) is 67.6 cm³/mol. The van der Waals surface area contributed by atoms with Crippen LogP contribution in [-0.2, 0) is 14.3 Å². The van der Waals surface area contributed by atoms with Crippen LogP contribution < -0.4 is 0 Å². The Balaban J connectivity index is 0.000000159. The van der Waals surface area contributed by atoms with Gasteiger partial charge in [0.1, 0.15) is 0 Å². The summed E-state index contributed by atoms with van der Waals surface area (Å²) in [6.45, 7) is 3.46. The molecule has 2 aliphatic rings. The average Bonchev–Trinajstić information content (AvgIpc) is 3.00. The highest BCUT2D eigenvalue weighted by Crippen LogP contribution is 2.43. The van der Waals surface area contributed by atoms with Crippen LogP contribution in [0.3, 0.4) is 0 Å². The third kappa shape index (κ3) is 2.71. The second kappa shape index (κ2) is 5.04. The van der Waals surface area contributed by atoms with E-state index in [-0.39, 0.29) is 11.1 Å². The topological polar surface area (TPSA) is 118 Å². The first-order chi connectivity index (χ1) is 9.82. The first kappa shape index (κ1) is 14.2. The molecule has 1 aliphatic carbocycles. The Morgan fingerprint density at radius 1 is 0.857 bits per heavy atom. The lowest BCUT2D eigenvalue weighted by Gasteiger charge is -1.94. The second-order valence-electron chi connectivity index (χ2n) is 4.09. The molecular formula is C14H8O7. The first-order valence-corrected chi connectivity index (χ1v) is 5.60. The maximum Gasteiger partial charge on any atom is 0.347 e. The highest BCUT2D eigenvalue weighted by molar-refractivity contribution is 6.27. The maximum atomic E-state index is 10.5. The Morgan fingerprint density at radius 2 is 1.19 bits per heavy atom. The van der Waals surface area contributed by atoms with Gasteiger partial charge in [-0.15, -0.1) is 0 Å². The molecule has 0 amide bonds. The summed E-state index contributed by atoms with van der Waals surface area (Å²) in [5.41, 5.74) is 1.50. The number of carbonyl (C=O) groups excluding carboxylic acids is 2. The number of aromatic carboxylic acids is 2. The molecule has 2 N–H and O–H groups in total. The van der Waals surface area contributed by atoms with Gasteiger partial charge >= 0.3 is 23.9 Å². The number of carboxylic acids is 2. The van der Waals surface area contributed by atoms with Crippen molar-refractivity contribution in [3.05, 3.63) is 58.7 Å². The molecule has 7 nitrogen and oxygen atoms in total. The van der Waals surface area contributed by atoms with Crippen LogP contribution >= 0.6 is 0 Å². The minimum absolute atomic E-state index is 0.0833. The number of carboxylic acid groups (broad SMARTS) is 2. The molecule has 106 valence electrons. The highest BCUT2D eigenvalue weighted by atomic mass is 16.6. The van der Waals surface area contributed by atoms with Crippen LogP contribution in [0.1, 0.15) is 20.7 Å². The zero-order chi connectivity index (χ0) is 15.7. The average molecular weight is 288 g/mol. The SMILES string of the molecule is C=C1C2=C1C(=O)OC2=O.O=C(O)c1ccc(C(=O)O)cc1. The molecule has 1 aliphatic heterocycles. The normalized spacial score (nSPS) is 15.0.